The van der Waals surface area contributed by atoms with E-state index in [2.05, 4.69) is 258 Å². The van der Waals surface area contributed by atoms with Gasteiger partial charge in [-0.2, -0.15) is 20.4 Å². The summed E-state index contributed by atoms with van der Waals surface area (Å²) in [5.41, 5.74) is 17.1. The highest BCUT2D eigenvalue weighted by molar-refractivity contribution is 7.99. The number of hydrogen-bond donors (Lipinski definition) is 5. The zero-order valence-corrected chi connectivity index (χ0v) is 81.8. The minimum atomic E-state index is -2.23. The Kier molecular flexibility index (Phi) is 24.3. The summed E-state index contributed by atoms with van der Waals surface area (Å²) in [6.45, 7) is 17.9. The number of benzene rings is 8. The van der Waals surface area contributed by atoms with Crippen molar-refractivity contribution in [3.05, 3.63) is 311 Å². The summed E-state index contributed by atoms with van der Waals surface area (Å²) in [6.07, 6.45) is 16.0. The van der Waals surface area contributed by atoms with E-state index in [0.717, 1.165) is 189 Å². The number of guanidine groups is 4. The fourth-order valence-corrected chi connectivity index (χ4v) is 21.4. The number of para-hydroxylation sites is 2. The second-order valence-electron chi connectivity index (χ2n) is 39.4. The molecule has 31 heteroatoms. The van der Waals surface area contributed by atoms with Crippen LogP contribution >= 0.6 is 12.2 Å². The van der Waals surface area contributed by atoms with Gasteiger partial charge < -0.3 is 50.5 Å². The second-order valence-corrected chi connectivity index (χ2v) is 42.3. The number of phenols is 1. The molecule has 2 fully saturated rings. The van der Waals surface area contributed by atoms with Gasteiger partial charge >= 0.3 is 0 Å². The average molecular weight is 1890 g/mol. The molecule has 10 aliphatic rings. The first kappa shape index (κ1) is 90.6. The van der Waals surface area contributed by atoms with Gasteiger partial charge in [-0.05, 0) is 212 Å². The van der Waals surface area contributed by atoms with E-state index >= 15 is 0 Å². The van der Waals surface area contributed by atoms with E-state index in [9.17, 15) is 13.7 Å². The van der Waals surface area contributed by atoms with Crippen molar-refractivity contribution in [2.45, 2.75) is 160 Å². The number of nitrogens with zero attached hydrogens (tertiary/aromatic N) is 22. The molecule has 5 N–H and O–H groups in total. The van der Waals surface area contributed by atoms with Crippen LogP contribution in [0.1, 0.15) is 123 Å². The van der Waals surface area contributed by atoms with E-state index in [1.807, 2.05) is 119 Å². The van der Waals surface area contributed by atoms with Crippen molar-refractivity contribution in [2.75, 3.05) is 94.9 Å². The van der Waals surface area contributed by atoms with E-state index in [4.69, 9.17) is 52.6 Å². The quantitative estimate of drug-likeness (QED) is 0.0373. The van der Waals surface area contributed by atoms with Crippen LogP contribution in [0.15, 0.2) is 280 Å². The maximum Gasteiger partial charge on any atom is 0.207 e. The van der Waals surface area contributed by atoms with Crippen LogP contribution in [0.2, 0.25) is 0 Å². The standard InChI is InChI=1S/C29H31N7O.C29H29N7.C25H27FN6S.C25H30N6OS/c1-33-19-24-27(30-21-10-14-23(37)15-11-21)35(18-20-8-12-22(13-9-20)34-16-4-5-17-34)32-28(24)36-26-7-3-2-6-25(26)31-29(33)36;1-34-19-23-27(31-22-8-3-2-4-9-22)35(33-28(23)36-26-12-7-11-25(26)32-29(34)36)18-20-13-15-21(16-14-20)24-10-5-6-17-30-24;1-16-5-7-17(8-6-16)13-32-21(28-19-11-9-18(26)10-12-19)20-22(29-32)31-15-25(2,3)14-27-24(31)30(4)23(20)33;1-25(2)17-30-23-21(16-29(3)24(30)27-25)22(26-19-9-7-6-8-10-19)31(28-23)15-18-11-13-20(14-12-18)33(4,5)32/h4-5,8-17,25-26,30,37H,2-3,6-7,18-19H2,1H3;2-6,8-10,13-17,25-26,31H,7,11-12,18-19H2,1H3;5-12,28H,13-15H2,1-4H3;6-14,26H,4,15-17H2,1-3,5H3/t2*25-,26+;;/m01../s1. The molecule has 28 nitrogen and oxygen atoms in total. The lowest BCUT2D eigenvalue weighted by Gasteiger charge is -2.43. The number of halogens is 1. The molecule has 8 aliphatic heterocycles. The normalized spacial score (nSPS) is 19.0. The Morgan fingerprint density at radius 1 is 0.482 bits per heavy atom. The van der Waals surface area contributed by atoms with Crippen LogP contribution < -0.4 is 40.9 Å². The molecule has 139 heavy (non-hydrogen) atoms. The first-order valence-electron chi connectivity index (χ1n) is 47.9. The summed E-state index contributed by atoms with van der Waals surface area (Å²) in [7, 11) is 6.09. The van der Waals surface area contributed by atoms with Gasteiger partial charge in [-0.25, -0.2) is 38.1 Å². The summed E-state index contributed by atoms with van der Waals surface area (Å²) in [5.74, 6) is 15.4. The van der Waals surface area contributed by atoms with Gasteiger partial charge in [0.1, 0.15) is 39.8 Å². The monoisotopic (exact) mass is 1890 g/mol. The lowest BCUT2D eigenvalue weighted by atomic mass is 9.90. The lowest BCUT2D eigenvalue weighted by Crippen LogP contribution is -2.55. The number of rotatable bonds is 19. The smallest absolute Gasteiger partial charge is 0.207 e. The van der Waals surface area contributed by atoms with Gasteiger partial charge in [0.05, 0.1) is 110 Å². The first-order valence-corrected chi connectivity index (χ1v) is 50.4. The van der Waals surface area contributed by atoms with Crippen LogP contribution in [0.3, 0.4) is 0 Å². The van der Waals surface area contributed by atoms with Gasteiger partial charge in [-0.3, -0.25) is 33.8 Å². The number of aliphatic imine (C=N–C) groups is 4. The summed E-state index contributed by atoms with van der Waals surface area (Å²) >= 11 is 5.89. The molecule has 1 unspecified atom stereocenters. The zero-order valence-electron chi connectivity index (χ0n) is 80.2. The maximum atomic E-state index is 13.5. The van der Waals surface area contributed by atoms with Gasteiger partial charge in [0.25, 0.3) is 0 Å². The average Bonchev–Trinajstić information content (AvgIpc) is 1.59. The van der Waals surface area contributed by atoms with Gasteiger partial charge in [0.2, 0.25) is 23.8 Å². The first-order chi connectivity index (χ1) is 67.2. The molecule has 14 heterocycles. The molecule has 0 amide bonds. The van der Waals surface area contributed by atoms with Crippen LogP contribution in [-0.2, 0) is 55.3 Å². The summed E-state index contributed by atoms with van der Waals surface area (Å²) in [4.78, 5) is 43.8. The molecule has 0 saturated heterocycles. The topological polar surface area (TPSA) is 250 Å². The molecular weight excluding hydrogens is 1780 g/mol. The minimum Gasteiger partial charge on any atom is -0.508 e. The van der Waals surface area contributed by atoms with Crippen molar-refractivity contribution in [2.24, 2.45) is 25.4 Å². The molecule has 0 spiro atoms. The molecule has 8 aromatic carbocycles. The number of aryl methyl sites for hydroxylation is 1. The Morgan fingerprint density at radius 2 is 0.928 bits per heavy atom. The van der Waals surface area contributed by atoms with E-state index in [1.165, 1.54) is 72.1 Å². The highest BCUT2D eigenvalue weighted by Gasteiger charge is 2.50. The molecule has 14 aromatic rings. The van der Waals surface area contributed by atoms with Crippen molar-refractivity contribution in [3.63, 3.8) is 0 Å². The van der Waals surface area contributed by atoms with Gasteiger partial charge in [-0.1, -0.05) is 160 Å². The van der Waals surface area contributed by atoms with Crippen molar-refractivity contribution in [1.29, 1.82) is 0 Å². The molecule has 6 aromatic heterocycles. The number of aromatic nitrogens is 10. The maximum absolute atomic E-state index is 13.5. The molecule has 0 bridgehead atoms. The van der Waals surface area contributed by atoms with Gasteiger partial charge in [0.15, 0.2) is 23.3 Å². The van der Waals surface area contributed by atoms with Crippen molar-refractivity contribution < 1.29 is 13.7 Å². The van der Waals surface area contributed by atoms with Crippen LogP contribution in [0, 0.1) is 18.2 Å². The van der Waals surface area contributed by atoms with Crippen LogP contribution in [0.4, 0.5) is 73.7 Å². The van der Waals surface area contributed by atoms with Gasteiger partial charge in [0, 0.05) is 110 Å². The molecule has 0 radical (unpaired) electrons. The third-order valence-electron chi connectivity index (χ3n) is 27.4. The lowest BCUT2D eigenvalue weighted by molar-refractivity contribution is 0.370. The molecular formula is C108H117FN26O2S2. The SMILES string of the molecule is C=S(C)(=O)c1ccc(Cn2nc3c(c2Nc2ccccc2)CN(C)C2=NC(C)(C)CN23)cc1.CN1Cc2c(nn(Cc3ccc(-c4ccccn4)cc3)c2Nc2ccccc2)N2C1=N[C@@H]1CCC[C@@H]12.CN1Cc2c(nn(Cc3ccc(-n4cccc4)cc3)c2Nc2ccc(O)cc2)N2C1=N[C@H]1CCCC[C@H]12.Cc1ccc(Cn2nc3c(c2Nc2ccc(F)cc2)C(=S)N(C)C2=NCC(C)(C)CN23)cc1. The number of phenolic OH excluding ortho intramolecular Hbond substituents is 1. The van der Waals surface area contributed by atoms with E-state index in [1.54, 1.807) is 30.5 Å². The molecule has 2 aliphatic carbocycles. The fourth-order valence-electron chi connectivity index (χ4n) is 20.4. The number of hydrogen-bond acceptors (Lipinski definition) is 23. The Labute approximate surface area is 816 Å². The highest BCUT2D eigenvalue weighted by Crippen LogP contribution is 2.48. The Balaban J connectivity index is 0.000000110. The number of pyridine rings is 1. The predicted octanol–water partition coefficient (Wildman–Crippen LogP) is 19.1. The van der Waals surface area contributed by atoms with Crippen molar-refractivity contribution in [1.82, 2.24) is 68.3 Å². The number of nitrogens with one attached hydrogen (secondary N) is 4. The van der Waals surface area contributed by atoms with Crippen LogP contribution in [-0.4, -0.2) is 196 Å². The van der Waals surface area contributed by atoms with Crippen molar-refractivity contribution >= 4 is 126 Å². The third kappa shape index (κ3) is 18.6. The summed E-state index contributed by atoms with van der Waals surface area (Å²) in [5, 5.41) is 44.7. The largest absolute Gasteiger partial charge is 0.508 e. The van der Waals surface area contributed by atoms with Crippen LogP contribution in [0.5, 0.6) is 5.75 Å². The highest BCUT2D eigenvalue weighted by atomic mass is 32.2. The summed E-state index contributed by atoms with van der Waals surface area (Å²) < 4.78 is 36.1. The Bertz CT molecular complexity index is 7120. The fraction of sp³-hybridized carbons (Fsp3) is 0.306. The third-order valence-corrected chi connectivity index (χ3v) is 29.2. The van der Waals surface area contributed by atoms with Crippen LogP contribution in [0.25, 0.3) is 16.9 Å². The Morgan fingerprint density at radius 3 is 1.47 bits per heavy atom. The number of anilines is 12. The van der Waals surface area contributed by atoms with Gasteiger partial charge in [-0.15, -0.1) is 0 Å². The second kappa shape index (κ2) is 37.2. The molecule has 5 atom stereocenters. The Hall–Kier alpha value is -14.9. The number of fused-ring (bicyclic) bond motifs is 16. The molecule has 710 valence electrons. The molecule has 24 rings (SSSR count). The van der Waals surface area contributed by atoms with Crippen molar-refractivity contribution in [3.8, 4) is 22.7 Å². The molecule has 2 saturated carbocycles. The van der Waals surface area contributed by atoms with E-state index < -0.39 is 9.52 Å². The predicted molar refractivity (Wildman–Crippen MR) is 562 cm³/mol. The number of aromatic hydroxyl groups is 1. The minimum absolute atomic E-state index is 0.0197. The van der Waals surface area contributed by atoms with E-state index in [-0.39, 0.29) is 22.5 Å². The summed E-state index contributed by atoms with van der Waals surface area (Å²) in [6, 6.07) is 79.3. The number of thiocarbonyl (C=S) groups is 1. The zero-order chi connectivity index (χ0) is 95.7. The van der Waals surface area contributed by atoms with E-state index in [0.29, 0.717) is 55.3 Å².